The van der Waals surface area contributed by atoms with Gasteiger partial charge < -0.3 is 24.2 Å². The Bertz CT molecular complexity index is 146. The van der Waals surface area contributed by atoms with E-state index in [-0.39, 0.29) is 6.61 Å². The Balaban J connectivity index is 2.03. The molecule has 1 unspecified atom stereocenters. The van der Waals surface area contributed by atoms with E-state index < -0.39 is 6.29 Å². The maximum atomic E-state index is 8.92. The standard InChI is InChI=1S/C10H21NO4/c1-2-14-10(9-12)15-8-5-11-3-6-13-7-4-11/h10,12H,2-9H2,1H3/p+1. The van der Waals surface area contributed by atoms with E-state index in [1.807, 2.05) is 6.92 Å². The molecule has 0 aromatic rings. The highest BCUT2D eigenvalue weighted by Crippen LogP contribution is 1.92. The monoisotopic (exact) mass is 220 g/mol. The highest BCUT2D eigenvalue weighted by molar-refractivity contribution is 4.42. The van der Waals surface area contributed by atoms with Crippen LogP contribution >= 0.6 is 0 Å². The molecule has 0 spiro atoms. The van der Waals surface area contributed by atoms with Gasteiger partial charge in [-0.2, -0.15) is 0 Å². The van der Waals surface area contributed by atoms with Crippen molar-refractivity contribution in [2.45, 2.75) is 13.2 Å². The zero-order chi connectivity index (χ0) is 10.9. The van der Waals surface area contributed by atoms with Gasteiger partial charge in [-0.05, 0) is 6.92 Å². The van der Waals surface area contributed by atoms with Crippen molar-refractivity contribution in [1.29, 1.82) is 0 Å². The number of nitrogens with one attached hydrogen (secondary N) is 1. The van der Waals surface area contributed by atoms with E-state index in [2.05, 4.69) is 0 Å². The summed E-state index contributed by atoms with van der Waals surface area (Å²) in [6.07, 6.45) is -0.463. The molecule has 1 aliphatic heterocycles. The van der Waals surface area contributed by atoms with Gasteiger partial charge in [0.05, 0.1) is 26.4 Å². The van der Waals surface area contributed by atoms with Gasteiger partial charge in [-0.1, -0.05) is 0 Å². The number of quaternary nitrogens is 1. The third kappa shape index (κ3) is 5.44. The van der Waals surface area contributed by atoms with Crippen LogP contribution in [0.5, 0.6) is 0 Å². The minimum absolute atomic E-state index is 0.0771. The second kappa shape index (κ2) is 8.01. The Morgan fingerprint density at radius 3 is 2.67 bits per heavy atom. The summed E-state index contributed by atoms with van der Waals surface area (Å²) in [7, 11) is 0. The molecule has 1 rings (SSSR count). The topological polar surface area (TPSA) is 52.4 Å². The lowest BCUT2D eigenvalue weighted by Crippen LogP contribution is -3.14. The van der Waals surface area contributed by atoms with Crippen LogP contribution in [0.25, 0.3) is 0 Å². The first-order chi connectivity index (χ1) is 7.36. The average Bonchev–Trinajstić information content (AvgIpc) is 2.29. The van der Waals surface area contributed by atoms with Crippen LogP contribution < -0.4 is 4.90 Å². The van der Waals surface area contributed by atoms with Gasteiger partial charge in [-0.3, -0.25) is 0 Å². The summed E-state index contributed by atoms with van der Waals surface area (Å²) in [6, 6.07) is 0. The maximum absolute atomic E-state index is 8.92. The predicted molar refractivity (Wildman–Crippen MR) is 54.8 cm³/mol. The third-order valence-electron chi connectivity index (χ3n) is 2.46. The first-order valence-corrected chi connectivity index (χ1v) is 5.62. The molecule has 15 heavy (non-hydrogen) atoms. The fraction of sp³-hybridized carbons (Fsp3) is 1.00. The van der Waals surface area contributed by atoms with Crippen LogP contribution in [0.2, 0.25) is 0 Å². The van der Waals surface area contributed by atoms with Crippen molar-refractivity contribution in [2.24, 2.45) is 0 Å². The number of rotatable bonds is 7. The summed E-state index contributed by atoms with van der Waals surface area (Å²) >= 11 is 0. The average molecular weight is 220 g/mol. The molecule has 0 amide bonds. The van der Waals surface area contributed by atoms with Crippen LogP contribution in [0.1, 0.15) is 6.92 Å². The van der Waals surface area contributed by atoms with Gasteiger partial charge >= 0.3 is 0 Å². The lowest BCUT2D eigenvalue weighted by molar-refractivity contribution is -0.908. The van der Waals surface area contributed by atoms with Gasteiger partial charge in [0.1, 0.15) is 19.6 Å². The Kier molecular flexibility index (Phi) is 6.87. The summed E-state index contributed by atoms with van der Waals surface area (Å²) < 4.78 is 15.8. The predicted octanol–water partition coefficient (Wildman–Crippen LogP) is -1.73. The smallest absolute Gasteiger partial charge is 0.180 e. The molecule has 5 heteroatoms. The normalized spacial score (nSPS) is 20.4. The number of hydrogen-bond acceptors (Lipinski definition) is 4. The van der Waals surface area contributed by atoms with Crippen molar-refractivity contribution in [2.75, 3.05) is 52.7 Å². The molecule has 1 fully saturated rings. The second-order valence-electron chi connectivity index (χ2n) is 3.55. The SMILES string of the molecule is CCOC(CO)OCC[NH+]1CCOCC1. The second-order valence-corrected chi connectivity index (χ2v) is 3.55. The van der Waals surface area contributed by atoms with Crippen molar-refractivity contribution < 1.29 is 24.2 Å². The van der Waals surface area contributed by atoms with Crippen LogP contribution in [0, 0.1) is 0 Å². The van der Waals surface area contributed by atoms with Crippen LogP contribution in [-0.2, 0) is 14.2 Å². The van der Waals surface area contributed by atoms with Gasteiger partial charge in [-0.15, -0.1) is 0 Å². The molecule has 0 aliphatic carbocycles. The Labute approximate surface area is 90.9 Å². The number of morpholine rings is 1. The minimum atomic E-state index is -0.463. The fourth-order valence-corrected chi connectivity index (χ4v) is 1.58. The van der Waals surface area contributed by atoms with Crippen LogP contribution in [-0.4, -0.2) is 64.1 Å². The summed E-state index contributed by atoms with van der Waals surface area (Å²) in [4.78, 5) is 1.49. The molecule has 5 nitrogen and oxygen atoms in total. The third-order valence-corrected chi connectivity index (χ3v) is 2.46. The van der Waals surface area contributed by atoms with Gasteiger partial charge in [0, 0.05) is 6.61 Å². The van der Waals surface area contributed by atoms with E-state index in [1.54, 1.807) is 0 Å². The van der Waals surface area contributed by atoms with Crippen LogP contribution in [0.15, 0.2) is 0 Å². The maximum Gasteiger partial charge on any atom is 0.180 e. The van der Waals surface area contributed by atoms with Crippen LogP contribution in [0.4, 0.5) is 0 Å². The molecule has 1 atom stereocenters. The highest BCUT2D eigenvalue weighted by Gasteiger charge is 2.14. The first-order valence-electron chi connectivity index (χ1n) is 5.62. The molecule has 0 aromatic carbocycles. The lowest BCUT2D eigenvalue weighted by atomic mass is 10.4. The lowest BCUT2D eigenvalue weighted by Gasteiger charge is -2.24. The Morgan fingerprint density at radius 1 is 1.33 bits per heavy atom. The minimum Gasteiger partial charge on any atom is -0.391 e. The largest absolute Gasteiger partial charge is 0.391 e. The number of ether oxygens (including phenoxy) is 3. The molecule has 1 heterocycles. The van der Waals surface area contributed by atoms with Crippen molar-refractivity contribution in [3.05, 3.63) is 0 Å². The summed E-state index contributed by atoms with van der Waals surface area (Å²) in [5.74, 6) is 0. The van der Waals surface area contributed by atoms with E-state index >= 15 is 0 Å². The summed E-state index contributed by atoms with van der Waals surface area (Å²) in [5, 5.41) is 8.92. The van der Waals surface area contributed by atoms with Crippen LogP contribution in [0.3, 0.4) is 0 Å². The molecular formula is C10H22NO4+. The molecule has 0 radical (unpaired) electrons. The molecule has 2 N–H and O–H groups in total. The number of aliphatic hydroxyl groups is 1. The highest BCUT2D eigenvalue weighted by atomic mass is 16.7. The number of hydrogen-bond donors (Lipinski definition) is 2. The van der Waals surface area contributed by atoms with E-state index in [0.29, 0.717) is 13.2 Å². The summed E-state index contributed by atoms with van der Waals surface area (Å²) in [6.45, 7) is 7.71. The molecule has 0 bridgehead atoms. The van der Waals surface area contributed by atoms with E-state index in [0.717, 1.165) is 32.8 Å². The van der Waals surface area contributed by atoms with E-state index in [9.17, 15) is 0 Å². The fourth-order valence-electron chi connectivity index (χ4n) is 1.58. The Morgan fingerprint density at radius 2 is 2.07 bits per heavy atom. The zero-order valence-corrected chi connectivity index (χ0v) is 9.41. The molecule has 0 aromatic heterocycles. The van der Waals surface area contributed by atoms with Crippen molar-refractivity contribution in [3.63, 3.8) is 0 Å². The Hall–Kier alpha value is -0.200. The van der Waals surface area contributed by atoms with E-state index in [1.165, 1.54) is 4.90 Å². The van der Waals surface area contributed by atoms with E-state index in [4.69, 9.17) is 19.3 Å². The van der Waals surface area contributed by atoms with Crippen molar-refractivity contribution >= 4 is 0 Å². The van der Waals surface area contributed by atoms with Gasteiger partial charge in [0.2, 0.25) is 0 Å². The molecule has 1 saturated heterocycles. The molecule has 0 saturated carbocycles. The van der Waals surface area contributed by atoms with Crippen molar-refractivity contribution in [1.82, 2.24) is 0 Å². The van der Waals surface area contributed by atoms with Crippen molar-refractivity contribution in [3.8, 4) is 0 Å². The summed E-state index contributed by atoms with van der Waals surface area (Å²) in [5.41, 5.74) is 0. The molecule has 1 aliphatic rings. The van der Waals surface area contributed by atoms with Gasteiger partial charge in [0.15, 0.2) is 6.29 Å². The number of aliphatic hydroxyl groups excluding tert-OH is 1. The van der Waals surface area contributed by atoms with Gasteiger partial charge in [0.25, 0.3) is 0 Å². The first kappa shape index (κ1) is 12.9. The molecule has 90 valence electrons. The molecular weight excluding hydrogens is 198 g/mol. The van der Waals surface area contributed by atoms with Gasteiger partial charge in [-0.25, -0.2) is 0 Å². The quantitative estimate of drug-likeness (QED) is 0.501. The zero-order valence-electron chi connectivity index (χ0n) is 9.41.